The van der Waals surface area contributed by atoms with Gasteiger partial charge >= 0.3 is 0 Å². The SMILES string of the molecule is CSc1ccc(C(C)Nc2cnc(Cl)c(Br)c2)cc1. The lowest BCUT2D eigenvalue weighted by Gasteiger charge is -2.16. The van der Waals surface area contributed by atoms with E-state index in [4.69, 9.17) is 11.6 Å². The van der Waals surface area contributed by atoms with Crippen LogP contribution in [0.15, 0.2) is 45.9 Å². The van der Waals surface area contributed by atoms with Gasteiger partial charge in [-0.3, -0.25) is 0 Å². The quantitative estimate of drug-likeness (QED) is 0.586. The topological polar surface area (TPSA) is 24.9 Å². The number of nitrogens with zero attached hydrogens (tertiary/aromatic N) is 1. The molecule has 0 aliphatic rings. The van der Waals surface area contributed by atoms with Crippen LogP contribution in [0, 0.1) is 0 Å². The smallest absolute Gasteiger partial charge is 0.143 e. The largest absolute Gasteiger partial charge is 0.377 e. The zero-order valence-corrected chi connectivity index (χ0v) is 13.8. The van der Waals surface area contributed by atoms with E-state index in [0.29, 0.717) is 5.15 Å². The van der Waals surface area contributed by atoms with Crippen molar-refractivity contribution in [2.45, 2.75) is 17.9 Å². The molecule has 0 fully saturated rings. The number of thioether (sulfide) groups is 1. The minimum atomic E-state index is 0.214. The number of halogens is 2. The first kappa shape index (κ1) is 14.7. The molecule has 0 aliphatic heterocycles. The standard InChI is InChI=1S/C14H14BrClN2S/c1-9(10-3-5-12(19-2)6-4-10)18-11-7-13(15)14(16)17-8-11/h3-9,18H,1-2H3. The Bertz CT molecular complexity index is 560. The Hall–Kier alpha value is -0.710. The van der Waals surface area contributed by atoms with Gasteiger partial charge in [0.1, 0.15) is 5.15 Å². The van der Waals surface area contributed by atoms with Gasteiger partial charge in [0.2, 0.25) is 0 Å². The molecule has 1 N–H and O–H groups in total. The van der Waals surface area contributed by atoms with E-state index in [0.717, 1.165) is 10.2 Å². The second-order valence-corrected chi connectivity index (χ2v) is 6.23. The Labute approximate surface area is 131 Å². The molecule has 2 rings (SSSR count). The summed E-state index contributed by atoms with van der Waals surface area (Å²) >= 11 is 11.0. The van der Waals surface area contributed by atoms with Gasteiger partial charge in [-0.2, -0.15) is 0 Å². The highest BCUT2D eigenvalue weighted by molar-refractivity contribution is 9.10. The minimum absolute atomic E-state index is 0.214. The Morgan fingerprint density at radius 3 is 2.58 bits per heavy atom. The van der Waals surface area contributed by atoms with Crippen LogP contribution >= 0.6 is 39.3 Å². The Morgan fingerprint density at radius 1 is 1.32 bits per heavy atom. The number of benzene rings is 1. The van der Waals surface area contributed by atoms with E-state index in [1.54, 1.807) is 18.0 Å². The lowest BCUT2D eigenvalue weighted by Crippen LogP contribution is -2.06. The number of nitrogens with one attached hydrogen (secondary N) is 1. The zero-order valence-electron chi connectivity index (χ0n) is 10.7. The average Bonchev–Trinajstić information content (AvgIpc) is 2.43. The summed E-state index contributed by atoms with van der Waals surface area (Å²) in [5.41, 5.74) is 2.18. The lowest BCUT2D eigenvalue weighted by atomic mass is 10.1. The highest BCUT2D eigenvalue weighted by Crippen LogP contribution is 2.26. The molecule has 0 spiro atoms. The molecule has 19 heavy (non-hydrogen) atoms. The number of rotatable bonds is 4. The molecule has 1 atom stereocenters. The summed E-state index contributed by atoms with van der Waals surface area (Å²) in [6.45, 7) is 2.12. The van der Waals surface area contributed by atoms with Gasteiger partial charge in [0.15, 0.2) is 0 Å². The first-order valence-corrected chi connectivity index (χ1v) is 8.21. The van der Waals surface area contributed by atoms with Crippen molar-refractivity contribution in [3.05, 3.63) is 51.7 Å². The maximum Gasteiger partial charge on any atom is 0.143 e. The number of hydrogen-bond acceptors (Lipinski definition) is 3. The first-order valence-electron chi connectivity index (χ1n) is 5.81. The van der Waals surface area contributed by atoms with Crippen LogP contribution in [0.1, 0.15) is 18.5 Å². The number of pyridine rings is 1. The molecular formula is C14H14BrClN2S. The Kier molecular flexibility index (Phi) is 5.13. The van der Waals surface area contributed by atoms with E-state index in [1.165, 1.54) is 10.5 Å². The van der Waals surface area contributed by atoms with Gasteiger partial charge in [-0.15, -0.1) is 11.8 Å². The van der Waals surface area contributed by atoms with E-state index in [2.05, 4.69) is 63.7 Å². The molecular weight excluding hydrogens is 344 g/mol. The summed E-state index contributed by atoms with van der Waals surface area (Å²) < 4.78 is 0.795. The monoisotopic (exact) mass is 356 g/mol. The first-order chi connectivity index (χ1) is 9.10. The summed E-state index contributed by atoms with van der Waals surface area (Å²) in [5.74, 6) is 0. The molecule has 2 aromatic rings. The third kappa shape index (κ3) is 3.88. The second-order valence-electron chi connectivity index (χ2n) is 4.14. The highest BCUT2D eigenvalue weighted by atomic mass is 79.9. The van der Waals surface area contributed by atoms with Gasteiger partial charge in [-0.1, -0.05) is 23.7 Å². The third-order valence-electron chi connectivity index (χ3n) is 2.80. The van der Waals surface area contributed by atoms with Crippen LogP contribution in [-0.4, -0.2) is 11.2 Å². The van der Waals surface area contributed by atoms with E-state index in [1.807, 2.05) is 6.07 Å². The van der Waals surface area contributed by atoms with Crippen molar-refractivity contribution in [3.63, 3.8) is 0 Å². The molecule has 1 unspecified atom stereocenters. The molecule has 0 saturated heterocycles. The molecule has 0 saturated carbocycles. The van der Waals surface area contributed by atoms with E-state index in [-0.39, 0.29) is 6.04 Å². The molecule has 0 aliphatic carbocycles. The van der Waals surface area contributed by atoms with Gasteiger partial charge in [-0.05, 0) is 52.9 Å². The van der Waals surface area contributed by atoms with Crippen molar-refractivity contribution in [1.29, 1.82) is 0 Å². The van der Waals surface area contributed by atoms with E-state index in [9.17, 15) is 0 Å². The summed E-state index contributed by atoms with van der Waals surface area (Å²) in [6.07, 6.45) is 3.81. The van der Waals surface area contributed by atoms with Gasteiger partial charge in [0, 0.05) is 10.9 Å². The van der Waals surface area contributed by atoms with Crippen molar-refractivity contribution in [3.8, 4) is 0 Å². The van der Waals surface area contributed by atoms with Crippen LogP contribution in [0.4, 0.5) is 5.69 Å². The lowest BCUT2D eigenvalue weighted by molar-refractivity contribution is 0.880. The molecule has 2 nitrogen and oxygen atoms in total. The maximum absolute atomic E-state index is 5.88. The number of anilines is 1. The third-order valence-corrected chi connectivity index (χ3v) is 4.67. The van der Waals surface area contributed by atoms with Crippen LogP contribution in [0.5, 0.6) is 0 Å². The highest BCUT2D eigenvalue weighted by Gasteiger charge is 2.07. The van der Waals surface area contributed by atoms with Crippen molar-refractivity contribution in [2.24, 2.45) is 0 Å². The van der Waals surface area contributed by atoms with Crippen molar-refractivity contribution in [1.82, 2.24) is 4.98 Å². The van der Waals surface area contributed by atoms with Crippen molar-refractivity contribution in [2.75, 3.05) is 11.6 Å². The fourth-order valence-electron chi connectivity index (χ4n) is 1.73. The molecule has 1 heterocycles. The Morgan fingerprint density at radius 2 is 2.00 bits per heavy atom. The molecule has 100 valence electrons. The van der Waals surface area contributed by atoms with Crippen molar-refractivity contribution >= 4 is 45.0 Å². The summed E-state index contributed by atoms with van der Waals surface area (Å²) in [5, 5.41) is 3.88. The van der Waals surface area contributed by atoms with Crippen LogP contribution in [0.2, 0.25) is 5.15 Å². The fraction of sp³-hybridized carbons (Fsp3) is 0.214. The van der Waals surface area contributed by atoms with Gasteiger partial charge < -0.3 is 5.32 Å². The molecule has 1 aromatic carbocycles. The van der Waals surface area contributed by atoms with Crippen LogP contribution in [0.3, 0.4) is 0 Å². The van der Waals surface area contributed by atoms with Gasteiger partial charge in [-0.25, -0.2) is 4.98 Å². The van der Waals surface area contributed by atoms with Crippen LogP contribution in [-0.2, 0) is 0 Å². The maximum atomic E-state index is 5.88. The molecule has 1 aromatic heterocycles. The summed E-state index contributed by atoms with van der Waals surface area (Å²) in [6, 6.07) is 10.7. The van der Waals surface area contributed by atoms with Crippen molar-refractivity contribution < 1.29 is 0 Å². The minimum Gasteiger partial charge on any atom is -0.377 e. The predicted molar refractivity (Wildman–Crippen MR) is 87.2 cm³/mol. The number of hydrogen-bond donors (Lipinski definition) is 1. The molecule has 0 amide bonds. The second kappa shape index (κ2) is 6.64. The van der Waals surface area contributed by atoms with Gasteiger partial charge in [0.25, 0.3) is 0 Å². The molecule has 0 bridgehead atoms. The Balaban J connectivity index is 2.10. The predicted octanol–water partition coefficient (Wildman–Crippen LogP) is 5.39. The average molecular weight is 358 g/mol. The number of aromatic nitrogens is 1. The van der Waals surface area contributed by atoms with E-state index < -0.39 is 0 Å². The summed E-state index contributed by atoms with van der Waals surface area (Å²) in [7, 11) is 0. The van der Waals surface area contributed by atoms with Gasteiger partial charge in [0.05, 0.1) is 16.4 Å². The normalized spacial score (nSPS) is 12.2. The van der Waals surface area contributed by atoms with Crippen LogP contribution in [0.25, 0.3) is 0 Å². The molecule has 0 radical (unpaired) electrons. The molecule has 5 heteroatoms. The fourth-order valence-corrected chi connectivity index (χ4v) is 2.59. The summed E-state index contributed by atoms with van der Waals surface area (Å²) in [4.78, 5) is 5.38. The van der Waals surface area contributed by atoms with Crippen LogP contribution < -0.4 is 5.32 Å². The zero-order chi connectivity index (χ0) is 13.8. The van der Waals surface area contributed by atoms with E-state index >= 15 is 0 Å².